The number of nitrogens with zero attached hydrogens (tertiary/aromatic N) is 1. The van der Waals surface area contributed by atoms with E-state index in [1.54, 1.807) is 30.5 Å². The molecule has 0 saturated heterocycles. The first kappa shape index (κ1) is 23.0. The smallest absolute Gasteiger partial charge is 0.253 e. The lowest BCUT2D eigenvalue weighted by Gasteiger charge is -2.22. The van der Waals surface area contributed by atoms with Gasteiger partial charge in [0.2, 0.25) is 10.0 Å². The van der Waals surface area contributed by atoms with Crippen molar-refractivity contribution < 1.29 is 22.7 Å². The summed E-state index contributed by atoms with van der Waals surface area (Å²) < 4.78 is 37.9. The first-order valence-corrected chi connectivity index (χ1v) is 11.5. The van der Waals surface area contributed by atoms with E-state index in [1.807, 2.05) is 0 Å². The zero-order valence-corrected chi connectivity index (χ0v) is 17.7. The summed E-state index contributed by atoms with van der Waals surface area (Å²) in [5, 5.41) is 13.2. The molecule has 1 heterocycles. The van der Waals surface area contributed by atoms with Gasteiger partial charge in [-0.15, -0.1) is 11.3 Å². The molecule has 0 aliphatic rings. The standard InChI is InChI=1S/C16H18Cl2FN3O4S2/c1-28(25,26)21-8-13-20-7-12(27-13)9-2-4-10(5-3-9)14(23)11(6-19)22-16(24)15(17)18/h2-5,7,11,14-15,21,23H,6,8H2,1H3,(H,22,24)/t11-,14+/m1/s1. The normalized spacial score (nSPS) is 14.1. The Labute approximate surface area is 175 Å². The molecule has 12 heteroatoms. The van der Waals surface area contributed by atoms with Gasteiger partial charge >= 0.3 is 0 Å². The first-order chi connectivity index (χ1) is 13.1. The highest BCUT2D eigenvalue weighted by Crippen LogP contribution is 2.28. The summed E-state index contributed by atoms with van der Waals surface area (Å²) in [6.45, 7) is -0.902. The van der Waals surface area contributed by atoms with Crippen molar-refractivity contribution in [2.24, 2.45) is 0 Å². The van der Waals surface area contributed by atoms with Gasteiger partial charge in [0, 0.05) is 6.20 Å². The molecule has 0 aliphatic carbocycles. The van der Waals surface area contributed by atoms with E-state index < -0.39 is 39.6 Å². The van der Waals surface area contributed by atoms with Crippen molar-refractivity contribution in [3.05, 3.63) is 41.0 Å². The number of amides is 1. The Morgan fingerprint density at radius 2 is 1.96 bits per heavy atom. The fraction of sp³-hybridized carbons (Fsp3) is 0.375. The van der Waals surface area contributed by atoms with Crippen LogP contribution >= 0.6 is 34.5 Å². The Morgan fingerprint density at radius 3 is 2.50 bits per heavy atom. The number of thiazole rings is 1. The van der Waals surface area contributed by atoms with Crippen molar-refractivity contribution in [3.8, 4) is 10.4 Å². The maximum Gasteiger partial charge on any atom is 0.253 e. The van der Waals surface area contributed by atoms with Gasteiger partial charge < -0.3 is 10.4 Å². The second-order valence-electron chi connectivity index (χ2n) is 5.85. The number of nitrogens with one attached hydrogen (secondary N) is 2. The minimum atomic E-state index is -3.31. The largest absolute Gasteiger partial charge is 0.386 e. The monoisotopic (exact) mass is 469 g/mol. The Kier molecular flexibility index (Phi) is 8.17. The molecule has 0 spiro atoms. The number of aromatic nitrogens is 1. The number of carbonyl (C=O) groups is 1. The van der Waals surface area contributed by atoms with Gasteiger partial charge in [-0.1, -0.05) is 47.5 Å². The van der Waals surface area contributed by atoms with Crippen molar-refractivity contribution in [2.45, 2.75) is 23.5 Å². The fourth-order valence-electron chi connectivity index (χ4n) is 2.24. The second kappa shape index (κ2) is 9.95. The highest BCUT2D eigenvalue weighted by molar-refractivity contribution is 7.88. The minimum Gasteiger partial charge on any atom is -0.386 e. The lowest BCUT2D eigenvalue weighted by molar-refractivity contribution is -0.121. The van der Waals surface area contributed by atoms with Crippen LogP contribution in [0.4, 0.5) is 4.39 Å². The highest BCUT2D eigenvalue weighted by Gasteiger charge is 2.25. The van der Waals surface area contributed by atoms with E-state index in [2.05, 4.69) is 15.0 Å². The average molecular weight is 470 g/mol. The summed E-state index contributed by atoms with van der Waals surface area (Å²) in [4.78, 5) is 15.1. The van der Waals surface area contributed by atoms with Crippen LogP contribution in [0.2, 0.25) is 0 Å². The Hall–Kier alpha value is -1.30. The lowest BCUT2D eigenvalue weighted by Crippen LogP contribution is -2.43. The maximum absolute atomic E-state index is 13.2. The van der Waals surface area contributed by atoms with Crippen LogP contribution < -0.4 is 10.0 Å². The van der Waals surface area contributed by atoms with Crippen LogP contribution in [0.25, 0.3) is 10.4 Å². The van der Waals surface area contributed by atoms with Crippen LogP contribution in [-0.4, -0.2) is 48.2 Å². The molecule has 0 fully saturated rings. The Morgan fingerprint density at radius 1 is 1.32 bits per heavy atom. The number of benzene rings is 1. The number of rotatable bonds is 9. The van der Waals surface area contributed by atoms with Crippen LogP contribution in [-0.2, 0) is 21.4 Å². The molecule has 2 aromatic rings. The molecule has 28 heavy (non-hydrogen) atoms. The molecule has 0 radical (unpaired) electrons. The van der Waals surface area contributed by atoms with E-state index in [0.29, 0.717) is 10.6 Å². The number of carbonyl (C=O) groups excluding carboxylic acids is 1. The third-order valence-electron chi connectivity index (χ3n) is 3.65. The van der Waals surface area contributed by atoms with E-state index in [9.17, 15) is 22.7 Å². The summed E-state index contributed by atoms with van der Waals surface area (Å²) in [7, 11) is -3.31. The van der Waals surface area contributed by atoms with Crippen LogP contribution in [0.1, 0.15) is 16.7 Å². The number of aliphatic hydroxyl groups is 1. The number of hydrogen-bond acceptors (Lipinski definition) is 6. The van der Waals surface area contributed by atoms with Gasteiger partial charge in [-0.05, 0) is 11.1 Å². The molecule has 1 amide bonds. The van der Waals surface area contributed by atoms with Gasteiger partial charge in [0.25, 0.3) is 5.91 Å². The molecular weight excluding hydrogens is 452 g/mol. The summed E-state index contributed by atoms with van der Waals surface area (Å²) in [5.74, 6) is -0.790. The Balaban J connectivity index is 2.08. The molecule has 0 aliphatic heterocycles. The molecule has 0 saturated carbocycles. The molecule has 2 atom stereocenters. The van der Waals surface area contributed by atoms with Gasteiger partial charge in [0.05, 0.1) is 23.7 Å². The second-order valence-corrected chi connectivity index (χ2v) is 9.89. The average Bonchev–Trinajstić information content (AvgIpc) is 3.12. The Bertz CT molecular complexity index is 907. The number of halogens is 3. The van der Waals surface area contributed by atoms with Crippen LogP contribution in [0.15, 0.2) is 30.5 Å². The molecule has 1 aromatic carbocycles. The molecule has 154 valence electrons. The van der Waals surface area contributed by atoms with Crippen molar-refractivity contribution >= 4 is 50.5 Å². The van der Waals surface area contributed by atoms with Crippen molar-refractivity contribution in [1.82, 2.24) is 15.0 Å². The molecule has 3 N–H and O–H groups in total. The summed E-state index contributed by atoms with van der Waals surface area (Å²) >= 11 is 12.2. The number of aliphatic hydroxyl groups excluding tert-OH is 1. The van der Waals surface area contributed by atoms with Crippen LogP contribution in [0, 0.1) is 0 Å². The third-order valence-corrected chi connectivity index (χ3v) is 5.76. The predicted octanol–water partition coefficient (Wildman–Crippen LogP) is 2.15. The molecule has 0 bridgehead atoms. The SMILES string of the molecule is CS(=O)(=O)NCc1ncc(-c2ccc([C@H](O)[C@@H](CF)NC(=O)C(Cl)Cl)cc2)s1. The first-order valence-electron chi connectivity index (χ1n) is 7.93. The van der Waals surface area contributed by atoms with Crippen LogP contribution in [0.5, 0.6) is 0 Å². The number of hydrogen-bond donors (Lipinski definition) is 3. The summed E-state index contributed by atoms with van der Waals surface area (Å²) in [6.07, 6.45) is 1.39. The van der Waals surface area contributed by atoms with E-state index in [1.165, 1.54) is 11.3 Å². The van der Waals surface area contributed by atoms with Crippen molar-refractivity contribution in [1.29, 1.82) is 0 Å². The molecular formula is C16H18Cl2FN3O4S2. The van der Waals surface area contributed by atoms with Crippen LogP contribution in [0.3, 0.4) is 0 Å². The van der Waals surface area contributed by atoms with Gasteiger partial charge in [0.15, 0.2) is 4.84 Å². The molecule has 7 nitrogen and oxygen atoms in total. The van der Waals surface area contributed by atoms with Gasteiger partial charge in [-0.25, -0.2) is 22.5 Å². The van der Waals surface area contributed by atoms with E-state index in [0.717, 1.165) is 16.7 Å². The quantitative estimate of drug-likeness (QED) is 0.487. The summed E-state index contributed by atoms with van der Waals surface area (Å²) in [5.41, 5.74) is 1.19. The van der Waals surface area contributed by atoms with Gasteiger partial charge in [-0.2, -0.15) is 0 Å². The van der Waals surface area contributed by atoms with E-state index in [4.69, 9.17) is 23.2 Å². The number of alkyl halides is 3. The van der Waals surface area contributed by atoms with Gasteiger partial charge in [0.1, 0.15) is 17.8 Å². The summed E-state index contributed by atoms with van der Waals surface area (Å²) in [6, 6.07) is 5.44. The molecule has 2 rings (SSSR count). The highest BCUT2D eigenvalue weighted by atomic mass is 35.5. The van der Waals surface area contributed by atoms with E-state index in [-0.39, 0.29) is 6.54 Å². The van der Waals surface area contributed by atoms with E-state index >= 15 is 0 Å². The third kappa shape index (κ3) is 6.64. The molecule has 1 aromatic heterocycles. The maximum atomic E-state index is 13.2. The number of sulfonamides is 1. The predicted molar refractivity (Wildman–Crippen MR) is 108 cm³/mol. The van der Waals surface area contributed by atoms with Gasteiger partial charge in [-0.3, -0.25) is 4.79 Å². The molecule has 0 unspecified atom stereocenters. The fourth-order valence-corrected chi connectivity index (χ4v) is 3.72. The topological polar surface area (TPSA) is 108 Å². The minimum absolute atomic E-state index is 0.0975. The zero-order chi connectivity index (χ0) is 20.9. The van der Waals surface area contributed by atoms with Crippen molar-refractivity contribution in [2.75, 3.05) is 12.9 Å². The van der Waals surface area contributed by atoms with Crippen molar-refractivity contribution in [3.63, 3.8) is 0 Å². The lowest BCUT2D eigenvalue weighted by atomic mass is 10.0. The zero-order valence-electron chi connectivity index (χ0n) is 14.6.